The van der Waals surface area contributed by atoms with Crippen molar-refractivity contribution < 1.29 is 28.6 Å². The molecule has 0 aliphatic heterocycles. The van der Waals surface area contributed by atoms with Crippen LogP contribution in [0.4, 0.5) is 0 Å². The van der Waals surface area contributed by atoms with Crippen LogP contribution in [-0.2, 0) is 28.6 Å². The summed E-state index contributed by atoms with van der Waals surface area (Å²) in [5.74, 6) is -0.944. The van der Waals surface area contributed by atoms with Crippen molar-refractivity contribution in [1.29, 1.82) is 0 Å². The maximum absolute atomic E-state index is 12.9. The molecule has 0 saturated heterocycles. The second kappa shape index (κ2) is 64.1. The monoisotopic (exact) mass is 1060 g/mol. The predicted octanol–water partition coefficient (Wildman–Crippen LogP) is 22.3. The minimum absolute atomic E-state index is 0.0932. The zero-order valence-electron chi connectivity index (χ0n) is 50.3. The fraction of sp³-hybridized carbons (Fsp3) is 0.757. The lowest BCUT2D eigenvalue weighted by Crippen LogP contribution is -2.30. The third-order valence-corrected chi connectivity index (χ3v) is 14.1. The summed E-state index contributed by atoms with van der Waals surface area (Å²) in [4.78, 5) is 38.3. The molecule has 76 heavy (non-hydrogen) atoms. The van der Waals surface area contributed by atoms with Gasteiger partial charge in [-0.05, 0) is 89.9 Å². The van der Waals surface area contributed by atoms with E-state index in [4.69, 9.17) is 14.2 Å². The summed E-state index contributed by atoms with van der Waals surface area (Å²) in [6.45, 7) is 6.49. The molecule has 0 aromatic heterocycles. The number of rotatable bonds is 59. The van der Waals surface area contributed by atoms with Gasteiger partial charge in [0.25, 0.3) is 0 Å². The van der Waals surface area contributed by atoms with Crippen LogP contribution >= 0.6 is 0 Å². The fourth-order valence-corrected chi connectivity index (χ4v) is 9.28. The molecule has 438 valence electrons. The zero-order valence-corrected chi connectivity index (χ0v) is 50.3. The highest BCUT2D eigenvalue weighted by Crippen LogP contribution is 2.17. The summed E-state index contributed by atoms with van der Waals surface area (Å²) in [5, 5.41) is 0. The first-order valence-electron chi connectivity index (χ1n) is 32.6. The van der Waals surface area contributed by atoms with Crippen molar-refractivity contribution in [2.24, 2.45) is 0 Å². The molecule has 0 amide bonds. The molecule has 0 saturated carbocycles. The molecular formula is C70H122O6. The van der Waals surface area contributed by atoms with Crippen molar-refractivity contribution in [1.82, 2.24) is 0 Å². The van der Waals surface area contributed by atoms with E-state index in [-0.39, 0.29) is 37.5 Å². The second-order valence-corrected chi connectivity index (χ2v) is 21.6. The van der Waals surface area contributed by atoms with E-state index in [1.165, 1.54) is 193 Å². The van der Waals surface area contributed by atoms with E-state index < -0.39 is 6.10 Å². The lowest BCUT2D eigenvalue weighted by atomic mass is 10.0. The third kappa shape index (κ3) is 61.4. The van der Waals surface area contributed by atoms with Crippen LogP contribution in [0.1, 0.15) is 323 Å². The lowest BCUT2D eigenvalue weighted by molar-refractivity contribution is -0.167. The highest BCUT2D eigenvalue weighted by atomic mass is 16.6. The fourth-order valence-electron chi connectivity index (χ4n) is 9.28. The summed E-state index contributed by atoms with van der Waals surface area (Å²) < 4.78 is 16.9. The van der Waals surface area contributed by atoms with E-state index in [0.29, 0.717) is 19.3 Å². The van der Waals surface area contributed by atoms with Crippen LogP contribution in [-0.4, -0.2) is 37.2 Å². The average Bonchev–Trinajstić information content (AvgIpc) is 3.42. The maximum atomic E-state index is 12.9. The first-order chi connectivity index (χ1) is 37.5. The summed E-state index contributed by atoms with van der Waals surface area (Å²) in [5.41, 5.74) is 0. The van der Waals surface area contributed by atoms with E-state index in [0.717, 1.165) is 83.5 Å². The van der Waals surface area contributed by atoms with Gasteiger partial charge in [-0.3, -0.25) is 14.4 Å². The average molecular weight is 1060 g/mol. The molecule has 0 aliphatic carbocycles. The molecule has 6 heteroatoms. The van der Waals surface area contributed by atoms with E-state index in [9.17, 15) is 14.4 Å². The first-order valence-corrected chi connectivity index (χ1v) is 32.6. The molecule has 0 aromatic carbocycles. The van der Waals surface area contributed by atoms with Gasteiger partial charge in [0.1, 0.15) is 13.2 Å². The van der Waals surface area contributed by atoms with Crippen LogP contribution in [0.2, 0.25) is 0 Å². The summed E-state index contributed by atoms with van der Waals surface area (Å²) >= 11 is 0. The molecule has 0 rings (SSSR count). The Balaban J connectivity index is 4.40. The van der Waals surface area contributed by atoms with Crippen LogP contribution in [0.25, 0.3) is 0 Å². The number of carbonyl (C=O) groups excluding carboxylic acids is 3. The van der Waals surface area contributed by atoms with Gasteiger partial charge in [0.05, 0.1) is 0 Å². The van der Waals surface area contributed by atoms with Gasteiger partial charge < -0.3 is 14.2 Å². The number of carbonyl (C=O) groups is 3. The Labute approximate surface area is 471 Å². The Morgan fingerprint density at radius 1 is 0.276 bits per heavy atom. The molecule has 6 nitrogen and oxygen atoms in total. The molecule has 1 atom stereocenters. The van der Waals surface area contributed by atoms with Gasteiger partial charge >= 0.3 is 17.9 Å². The molecule has 0 spiro atoms. The first kappa shape index (κ1) is 72.6. The number of hydrogen-bond donors (Lipinski definition) is 0. The molecule has 0 aliphatic rings. The normalized spacial score (nSPS) is 12.6. The van der Waals surface area contributed by atoms with Crippen LogP contribution < -0.4 is 0 Å². The van der Waals surface area contributed by atoms with Crippen LogP contribution in [0.15, 0.2) is 85.1 Å². The molecule has 0 bridgehead atoms. The standard InChI is InChI=1S/C70H122O6/c1-4-7-10-13-16-19-22-25-28-31-33-34-35-37-39-42-45-48-51-54-57-60-63-69(72)75-66-67(65-74-68(71)62-59-56-53-50-47-44-41-38-30-27-24-21-18-15-12-9-6-3)76-70(73)64-61-58-55-52-49-46-43-40-36-32-29-26-23-20-17-14-11-8-5-2/h9,12,17-18,20-21,26-27,29-30,41,44,50,53,67H,4-8,10-11,13-16,19,22-25,28,31-40,42-43,45-49,51-52,54-66H2,1-3H3/b12-9-,20-17-,21-18-,29-26-,30-27-,44-41-,53-50-. The van der Waals surface area contributed by atoms with E-state index in [1.807, 2.05) is 0 Å². The van der Waals surface area contributed by atoms with Gasteiger partial charge in [-0.2, -0.15) is 0 Å². The Morgan fingerprint density at radius 3 is 0.882 bits per heavy atom. The quantitative estimate of drug-likeness (QED) is 0.0261. The third-order valence-electron chi connectivity index (χ3n) is 14.1. The van der Waals surface area contributed by atoms with E-state index in [1.54, 1.807) is 0 Å². The minimum atomic E-state index is -0.802. The van der Waals surface area contributed by atoms with Crippen LogP contribution in [0, 0.1) is 0 Å². The van der Waals surface area contributed by atoms with Crippen molar-refractivity contribution in [3.63, 3.8) is 0 Å². The highest BCUT2D eigenvalue weighted by molar-refractivity contribution is 5.71. The number of esters is 3. The van der Waals surface area contributed by atoms with E-state index in [2.05, 4.69) is 106 Å². The number of allylic oxidation sites excluding steroid dienone is 14. The van der Waals surface area contributed by atoms with Gasteiger partial charge in [0, 0.05) is 19.3 Å². The summed E-state index contributed by atoms with van der Waals surface area (Å²) in [6.07, 6.45) is 84.5. The smallest absolute Gasteiger partial charge is 0.306 e. The number of ether oxygens (including phenoxy) is 3. The van der Waals surface area contributed by atoms with Crippen molar-refractivity contribution in [2.45, 2.75) is 329 Å². The molecule has 0 heterocycles. The molecule has 1 unspecified atom stereocenters. The lowest BCUT2D eigenvalue weighted by Gasteiger charge is -2.18. The number of unbranched alkanes of at least 4 members (excludes halogenated alkanes) is 34. The predicted molar refractivity (Wildman–Crippen MR) is 330 cm³/mol. The van der Waals surface area contributed by atoms with Crippen molar-refractivity contribution >= 4 is 17.9 Å². The van der Waals surface area contributed by atoms with Crippen LogP contribution in [0.3, 0.4) is 0 Å². The van der Waals surface area contributed by atoms with Crippen molar-refractivity contribution in [2.75, 3.05) is 13.2 Å². The Hall–Kier alpha value is -3.41. The minimum Gasteiger partial charge on any atom is -0.462 e. The molecule has 0 N–H and O–H groups in total. The second-order valence-electron chi connectivity index (χ2n) is 21.6. The largest absolute Gasteiger partial charge is 0.462 e. The Bertz CT molecular complexity index is 1450. The topological polar surface area (TPSA) is 78.9 Å². The molecular weight excluding hydrogens is 937 g/mol. The van der Waals surface area contributed by atoms with Gasteiger partial charge in [0.2, 0.25) is 0 Å². The van der Waals surface area contributed by atoms with Crippen molar-refractivity contribution in [3.05, 3.63) is 85.1 Å². The van der Waals surface area contributed by atoms with Crippen LogP contribution in [0.5, 0.6) is 0 Å². The highest BCUT2D eigenvalue weighted by Gasteiger charge is 2.19. The van der Waals surface area contributed by atoms with Gasteiger partial charge in [0.15, 0.2) is 6.10 Å². The SMILES string of the molecule is CC/C=C\C/C=C\C/C=C\C/C=C\C/C=C\CCCC(=O)OCC(COC(=O)CCCCCCCCCCCCCCCCCCCCCCCC)OC(=O)CCCCCCCCCCC/C=C\C/C=C\CCCCC. The molecule has 0 aromatic rings. The Morgan fingerprint density at radius 2 is 0.526 bits per heavy atom. The maximum Gasteiger partial charge on any atom is 0.306 e. The zero-order chi connectivity index (χ0) is 55.0. The summed E-state index contributed by atoms with van der Waals surface area (Å²) in [6, 6.07) is 0. The summed E-state index contributed by atoms with van der Waals surface area (Å²) in [7, 11) is 0. The Kier molecular flexibility index (Phi) is 61.2. The van der Waals surface area contributed by atoms with Gasteiger partial charge in [-0.1, -0.05) is 298 Å². The van der Waals surface area contributed by atoms with Crippen molar-refractivity contribution in [3.8, 4) is 0 Å². The molecule has 0 fully saturated rings. The van der Waals surface area contributed by atoms with Gasteiger partial charge in [-0.15, -0.1) is 0 Å². The molecule has 0 radical (unpaired) electrons. The van der Waals surface area contributed by atoms with Gasteiger partial charge in [-0.25, -0.2) is 0 Å². The number of hydrogen-bond acceptors (Lipinski definition) is 6. The van der Waals surface area contributed by atoms with E-state index >= 15 is 0 Å².